The Balaban J connectivity index is 1.93. The third-order valence-corrected chi connectivity index (χ3v) is 5.99. The van der Waals surface area contributed by atoms with Crippen LogP contribution < -0.4 is 14.4 Å². The van der Waals surface area contributed by atoms with Crippen LogP contribution in [0.1, 0.15) is 29.7 Å². The minimum atomic E-state index is -0.847. The Morgan fingerprint density at radius 2 is 1.74 bits per heavy atom. The van der Waals surface area contributed by atoms with Gasteiger partial charge in [-0.2, -0.15) is 0 Å². The smallest absolute Gasteiger partial charge is 0.300 e. The van der Waals surface area contributed by atoms with Crippen molar-refractivity contribution in [1.82, 2.24) is 0 Å². The fraction of sp³-hybridized carbons (Fsp3) is 0.185. The first kappa shape index (κ1) is 23.4. The predicted octanol–water partition coefficient (Wildman–Crippen LogP) is 5.68. The molecule has 1 aliphatic rings. The predicted molar refractivity (Wildman–Crippen MR) is 132 cm³/mol. The molecule has 0 radical (unpaired) electrons. The zero-order chi connectivity index (χ0) is 24.4. The van der Waals surface area contributed by atoms with Crippen molar-refractivity contribution in [3.8, 4) is 11.5 Å². The Hall–Kier alpha value is -3.77. The van der Waals surface area contributed by atoms with Crippen LogP contribution in [-0.4, -0.2) is 30.5 Å². The van der Waals surface area contributed by atoms with Crippen molar-refractivity contribution in [3.05, 3.63) is 94.0 Å². The van der Waals surface area contributed by atoms with Crippen LogP contribution in [0.4, 0.5) is 5.69 Å². The molecule has 0 saturated carbocycles. The molecule has 1 N–H and O–H groups in total. The lowest BCUT2D eigenvalue weighted by Gasteiger charge is -2.26. The number of Topliss-reactive ketones (excluding diaryl/α,β-unsaturated/α-hetero) is 1. The number of aryl methyl sites for hydroxylation is 1. The van der Waals surface area contributed by atoms with E-state index in [1.165, 1.54) is 18.1 Å². The topological polar surface area (TPSA) is 76.1 Å². The lowest BCUT2D eigenvalue weighted by atomic mass is 9.94. The normalized spacial score (nSPS) is 17.2. The molecule has 0 aliphatic carbocycles. The van der Waals surface area contributed by atoms with Crippen LogP contribution in [0, 0.1) is 6.92 Å². The Kier molecular flexibility index (Phi) is 6.61. The van der Waals surface area contributed by atoms with E-state index < -0.39 is 17.7 Å². The van der Waals surface area contributed by atoms with Gasteiger partial charge in [-0.25, -0.2) is 0 Å². The van der Waals surface area contributed by atoms with E-state index in [1.54, 1.807) is 36.4 Å². The molecule has 3 aromatic rings. The molecule has 1 aliphatic heterocycles. The number of nitrogens with zero attached hydrogens (tertiary/aromatic N) is 1. The van der Waals surface area contributed by atoms with Crippen LogP contribution in [0.25, 0.3) is 5.76 Å². The maximum Gasteiger partial charge on any atom is 0.300 e. The molecule has 7 heteroatoms. The number of benzene rings is 3. The van der Waals surface area contributed by atoms with Gasteiger partial charge in [0.1, 0.15) is 17.3 Å². The number of halogens is 1. The monoisotopic (exact) mass is 477 g/mol. The van der Waals surface area contributed by atoms with Crippen molar-refractivity contribution >= 4 is 34.7 Å². The fourth-order valence-electron chi connectivity index (χ4n) is 4.08. The van der Waals surface area contributed by atoms with Crippen molar-refractivity contribution < 1.29 is 24.2 Å². The Morgan fingerprint density at radius 3 is 2.38 bits per heavy atom. The zero-order valence-corrected chi connectivity index (χ0v) is 19.8. The highest BCUT2D eigenvalue weighted by molar-refractivity contribution is 6.52. The van der Waals surface area contributed by atoms with Crippen molar-refractivity contribution in [2.45, 2.75) is 19.9 Å². The molecule has 174 valence electrons. The number of aliphatic hydroxyl groups is 1. The van der Waals surface area contributed by atoms with Gasteiger partial charge < -0.3 is 14.6 Å². The average Bonchev–Trinajstić information content (AvgIpc) is 3.10. The van der Waals surface area contributed by atoms with Gasteiger partial charge in [-0.1, -0.05) is 41.4 Å². The summed E-state index contributed by atoms with van der Waals surface area (Å²) in [6, 6.07) is 18.3. The van der Waals surface area contributed by atoms with Gasteiger partial charge in [0.2, 0.25) is 0 Å². The summed E-state index contributed by atoms with van der Waals surface area (Å²) in [5.74, 6) is -0.785. The number of ketones is 1. The summed E-state index contributed by atoms with van der Waals surface area (Å²) < 4.78 is 10.8. The number of hydrogen-bond acceptors (Lipinski definition) is 5. The van der Waals surface area contributed by atoms with Gasteiger partial charge in [0, 0.05) is 11.3 Å². The maximum absolute atomic E-state index is 13.3. The van der Waals surface area contributed by atoms with Crippen molar-refractivity contribution in [3.63, 3.8) is 0 Å². The minimum Gasteiger partial charge on any atom is -0.507 e. The first-order chi connectivity index (χ1) is 16.3. The quantitative estimate of drug-likeness (QED) is 0.281. The lowest BCUT2D eigenvalue weighted by Crippen LogP contribution is -2.29. The number of carbonyl (C=O) groups is 2. The first-order valence-electron chi connectivity index (χ1n) is 10.8. The molecular weight excluding hydrogens is 454 g/mol. The molecule has 1 unspecified atom stereocenters. The number of rotatable bonds is 6. The SMILES string of the molecule is CCOc1ccc(N2C(=O)C(=O)/C(=C(/O)c3cc(OC)ccc3Cl)C2c2cccc(C)c2)cc1. The summed E-state index contributed by atoms with van der Waals surface area (Å²) in [6.07, 6.45) is 0. The number of ether oxygens (including phenoxy) is 2. The summed E-state index contributed by atoms with van der Waals surface area (Å²) in [7, 11) is 1.49. The van der Waals surface area contributed by atoms with Gasteiger partial charge in [0.15, 0.2) is 0 Å². The highest BCUT2D eigenvalue weighted by Crippen LogP contribution is 2.43. The van der Waals surface area contributed by atoms with E-state index in [0.29, 0.717) is 29.4 Å². The molecule has 1 fully saturated rings. The summed E-state index contributed by atoms with van der Waals surface area (Å²) in [4.78, 5) is 28.0. The van der Waals surface area contributed by atoms with Gasteiger partial charge in [0.25, 0.3) is 11.7 Å². The van der Waals surface area contributed by atoms with Crippen LogP contribution in [0.3, 0.4) is 0 Å². The largest absolute Gasteiger partial charge is 0.507 e. The van der Waals surface area contributed by atoms with Crippen LogP contribution in [0.5, 0.6) is 11.5 Å². The lowest BCUT2D eigenvalue weighted by molar-refractivity contribution is -0.132. The molecule has 0 spiro atoms. The van der Waals surface area contributed by atoms with E-state index in [4.69, 9.17) is 21.1 Å². The number of carbonyl (C=O) groups excluding carboxylic acids is 2. The molecule has 1 heterocycles. The van der Waals surface area contributed by atoms with Crippen LogP contribution in [-0.2, 0) is 9.59 Å². The van der Waals surface area contributed by atoms with Crippen LogP contribution in [0.15, 0.2) is 72.3 Å². The Bertz CT molecular complexity index is 1280. The van der Waals surface area contributed by atoms with E-state index in [2.05, 4.69) is 0 Å². The number of methoxy groups -OCH3 is 1. The average molecular weight is 478 g/mol. The number of anilines is 1. The Morgan fingerprint density at radius 1 is 1.03 bits per heavy atom. The zero-order valence-electron chi connectivity index (χ0n) is 19.0. The molecule has 4 rings (SSSR count). The molecule has 6 nitrogen and oxygen atoms in total. The number of amides is 1. The number of hydrogen-bond donors (Lipinski definition) is 1. The van der Waals surface area contributed by atoms with E-state index in [9.17, 15) is 14.7 Å². The van der Waals surface area contributed by atoms with Crippen molar-refractivity contribution in [2.24, 2.45) is 0 Å². The molecule has 0 bridgehead atoms. The molecule has 1 saturated heterocycles. The highest BCUT2D eigenvalue weighted by atomic mass is 35.5. The van der Waals surface area contributed by atoms with E-state index in [0.717, 1.165) is 5.56 Å². The fourth-order valence-corrected chi connectivity index (χ4v) is 4.29. The second-order valence-electron chi connectivity index (χ2n) is 7.86. The third kappa shape index (κ3) is 4.24. The summed E-state index contributed by atoms with van der Waals surface area (Å²) >= 11 is 6.36. The van der Waals surface area contributed by atoms with E-state index in [-0.39, 0.29) is 21.9 Å². The van der Waals surface area contributed by atoms with Crippen LogP contribution >= 0.6 is 11.6 Å². The van der Waals surface area contributed by atoms with Gasteiger partial charge in [-0.05, 0) is 61.9 Å². The maximum atomic E-state index is 13.3. The summed E-state index contributed by atoms with van der Waals surface area (Å²) in [5, 5.41) is 11.5. The summed E-state index contributed by atoms with van der Waals surface area (Å²) in [6.45, 7) is 4.31. The highest BCUT2D eigenvalue weighted by Gasteiger charge is 2.47. The minimum absolute atomic E-state index is 0.0420. The molecule has 0 aromatic heterocycles. The van der Waals surface area contributed by atoms with Crippen molar-refractivity contribution in [2.75, 3.05) is 18.6 Å². The van der Waals surface area contributed by atoms with Crippen LogP contribution in [0.2, 0.25) is 5.02 Å². The third-order valence-electron chi connectivity index (χ3n) is 5.66. The second-order valence-corrected chi connectivity index (χ2v) is 8.26. The molecular formula is C27H24ClNO5. The van der Waals surface area contributed by atoms with Gasteiger partial charge in [0.05, 0.1) is 30.4 Å². The number of aliphatic hydroxyl groups excluding tert-OH is 1. The summed E-state index contributed by atoms with van der Waals surface area (Å²) in [5.41, 5.74) is 2.32. The molecule has 1 atom stereocenters. The van der Waals surface area contributed by atoms with Gasteiger partial charge in [-0.15, -0.1) is 0 Å². The molecule has 34 heavy (non-hydrogen) atoms. The van der Waals surface area contributed by atoms with E-state index >= 15 is 0 Å². The molecule has 3 aromatic carbocycles. The molecule has 1 amide bonds. The second kappa shape index (κ2) is 9.61. The Labute approximate surface area is 203 Å². The van der Waals surface area contributed by atoms with Gasteiger partial charge in [-0.3, -0.25) is 14.5 Å². The van der Waals surface area contributed by atoms with E-state index in [1.807, 2.05) is 38.1 Å². The standard InChI is InChI=1S/C27H24ClNO5/c1-4-34-19-10-8-18(9-11-19)29-24(17-7-5-6-16(2)14-17)23(26(31)27(29)32)25(30)21-15-20(33-3)12-13-22(21)28/h5-15,24,30H,4H2,1-3H3/b25-23+. The van der Waals surface area contributed by atoms with Gasteiger partial charge >= 0.3 is 0 Å². The first-order valence-corrected chi connectivity index (χ1v) is 11.2. The van der Waals surface area contributed by atoms with Crippen molar-refractivity contribution in [1.29, 1.82) is 0 Å².